The Morgan fingerprint density at radius 1 is 1.07 bits per heavy atom. The molecule has 6 nitrogen and oxygen atoms in total. The fourth-order valence-electron chi connectivity index (χ4n) is 3.21. The van der Waals surface area contributed by atoms with E-state index in [-0.39, 0.29) is 29.3 Å². The van der Waals surface area contributed by atoms with Crippen LogP contribution in [0.3, 0.4) is 0 Å². The first-order chi connectivity index (χ1) is 12.3. The molecule has 0 saturated carbocycles. The van der Waals surface area contributed by atoms with Gasteiger partial charge in [0.2, 0.25) is 10.0 Å². The number of hydrogen-bond acceptors (Lipinski definition) is 4. The molecular formula is C19H24ClN3O3S. The number of carbonyl (C=O) groups excluding carboxylic acids is 1. The predicted molar refractivity (Wildman–Crippen MR) is 108 cm³/mol. The lowest BCUT2D eigenvalue weighted by Gasteiger charge is -2.39. The number of nitrogens with two attached hydrogens (primary N) is 1. The van der Waals surface area contributed by atoms with Crippen molar-refractivity contribution in [3.63, 3.8) is 0 Å². The molecule has 0 aromatic heterocycles. The number of hydrogen-bond donors (Lipinski definition) is 1. The van der Waals surface area contributed by atoms with Crippen molar-refractivity contribution < 1.29 is 13.2 Å². The molecule has 27 heavy (non-hydrogen) atoms. The van der Waals surface area contributed by atoms with Crippen molar-refractivity contribution in [2.75, 3.05) is 26.7 Å². The van der Waals surface area contributed by atoms with Crippen LogP contribution in [0.25, 0.3) is 0 Å². The van der Waals surface area contributed by atoms with E-state index in [9.17, 15) is 13.2 Å². The first-order valence-corrected chi connectivity index (χ1v) is 10.1. The number of benzene rings is 2. The van der Waals surface area contributed by atoms with E-state index in [1.165, 1.54) is 29.8 Å². The first-order valence-electron chi connectivity index (χ1n) is 8.51. The molecule has 0 aliphatic carbocycles. The summed E-state index contributed by atoms with van der Waals surface area (Å²) >= 11 is 0. The molecule has 3 rings (SSSR count). The first kappa shape index (κ1) is 21.4. The Balaban J connectivity index is 0.00000261. The number of nitrogens with zero attached hydrogens (tertiary/aromatic N) is 2. The maximum Gasteiger partial charge on any atom is 0.253 e. The monoisotopic (exact) mass is 409 g/mol. The van der Waals surface area contributed by atoms with E-state index in [0.717, 1.165) is 13.0 Å². The molecule has 0 unspecified atom stereocenters. The smallest absolute Gasteiger partial charge is 0.253 e. The topological polar surface area (TPSA) is 83.7 Å². The Kier molecular flexibility index (Phi) is 7.00. The van der Waals surface area contributed by atoms with Gasteiger partial charge in [-0.2, -0.15) is 0 Å². The van der Waals surface area contributed by atoms with Crippen molar-refractivity contribution in [2.24, 2.45) is 5.14 Å². The van der Waals surface area contributed by atoms with Crippen LogP contribution in [-0.2, 0) is 16.4 Å². The summed E-state index contributed by atoms with van der Waals surface area (Å²) in [7, 11) is -1.67. The summed E-state index contributed by atoms with van der Waals surface area (Å²) in [6, 6.07) is 16.3. The van der Waals surface area contributed by atoms with Crippen LogP contribution in [0.4, 0.5) is 0 Å². The van der Waals surface area contributed by atoms with E-state index in [0.29, 0.717) is 18.7 Å². The molecular weight excluding hydrogens is 386 g/mol. The standard InChI is InChI=1S/C19H23N3O3S.ClH/c1-21-11-12-22(14-17(21)13-15-5-3-2-4-6-15)19(23)16-7-9-18(10-8-16)26(20,24)25;/h2-10,17H,11-14H2,1H3,(H2,20,24,25);1H/t17-;/m1./s1. The lowest BCUT2D eigenvalue weighted by molar-refractivity contribution is 0.0547. The highest BCUT2D eigenvalue weighted by Crippen LogP contribution is 2.17. The lowest BCUT2D eigenvalue weighted by Crippen LogP contribution is -2.54. The molecule has 1 heterocycles. The number of sulfonamides is 1. The van der Waals surface area contributed by atoms with E-state index in [1.807, 2.05) is 23.1 Å². The van der Waals surface area contributed by atoms with Crippen LogP contribution < -0.4 is 5.14 Å². The minimum atomic E-state index is -3.75. The van der Waals surface area contributed by atoms with Crippen LogP contribution in [-0.4, -0.2) is 56.8 Å². The van der Waals surface area contributed by atoms with E-state index in [2.05, 4.69) is 24.1 Å². The zero-order valence-electron chi connectivity index (χ0n) is 15.1. The van der Waals surface area contributed by atoms with Gasteiger partial charge in [-0.3, -0.25) is 9.69 Å². The van der Waals surface area contributed by atoms with Gasteiger partial charge in [0.15, 0.2) is 0 Å². The third kappa shape index (κ3) is 5.29. The zero-order chi connectivity index (χ0) is 18.7. The van der Waals surface area contributed by atoms with Crippen molar-refractivity contribution >= 4 is 28.3 Å². The highest BCUT2D eigenvalue weighted by molar-refractivity contribution is 7.89. The molecule has 2 aromatic rings. The molecule has 0 radical (unpaired) electrons. The van der Waals surface area contributed by atoms with Gasteiger partial charge in [-0.1, -0.05) is 30.3 Å². The number of amides is 1. The maximum absolute atomic E-state index is 12.8. The van der Waals surface area contributed by atoms with Gasteiger partial charge in [-0.25, -0.2) is 13.6 Å². The molecule has 1 fully saturated rings. The molecule has 2 N–H and O–H groups in total. The quantitative estimate of drug-likeness (QED) is 0.833. The van der Waals surface area contributed by atoms with Crippen molar-refractivity contribution in [3.05, 3.63) is 65.7 Å². The van der Waals surface area contributed by atoms with E-state index < -0.39 is 10.0 Å². The SMILES string of the molecule is CN1CCN(C(=O)c2ccc(S(N)(=O)=O)cc2)C[C@H]1Cc1ccccc1.Cl. The number of halogens is 1. The second kappa shape index (κ2) is 8.84. The summed E-state index contributed by atoms with van der Waals surface area (Å²) in [6.07, 6.45) is 0.880. The number of primary sulfonamides is 1. The number of likely N-dealkylation sites (N-methyl/N-ethyl adjacent to an activating group) is 1. The molecule has 8 heteroatoms. The van der Waals surface area contributed by atoms with Gasteiger partial charge in [0.05, 0.1) is 4.90 Å². The van der Waals surface area contributed by atoms with Crippen LogP contribution in [0.2, 0.25) is 0 Å². The molecule has 1 amide bonds. The fraction of sp³-hybridized carbons (Fsp3) is 0.316. The van der Waals surface area contributed by atoms with Crippen LogP contribution in [0, 0.1) is 0 Å². The van der Waals surface area contributed by atoms with Crippen LogP contribution in [0.15, 0.2) is 59.5 Å². The number of piperazine rings is 1. The predicted octanol–water partition coefficient (Wildman–Crippen LogP) is 1.75. The van der Waals surface area contributed by atoms with Crippen LogP contribution in [0.5, 0.6) is 0 Å². The second-order valence-corrected chi connectivity index (χ2v) is 8.21. The van der Waals surface area contributed by atoms with Gasteiger partial charge in [-0.05, 0) is 43.3 Å². The molecule has 0 spiro atoms. The second-order valence-electron chi connectivity index (χ2n) is 6.64. The summed E-state index contributed by atoms with van der Waals surface area (Å²) in [6.45, 7) is 2.09. The van der Waals surface area contributed by atoms with Crippen molar-refractivity contribution in [1.82, 2.24) is 9.80 Å². The maximum atomic E-state index is 12.8. The molecule has 0 bridgehead atoms. The Labute approximate surface area is 166 Å². The summed E-state index contributed by atoms with van der Waals surface area (Å²) in [5, 5.41) is 5.10. The number of rotatable bonds is 4. The molecule has 1 aliphatic heterocycles. The Hall–Kier alpha value is -1.93. The lowest BCUT2D eigenvalue weighted by atomic mass is 10.0. The van der Waals surface area contributed by atoms with Gasteiger partial charge in [-0.15, -0.1) is 12.4 Å². The van der Waals surface area contributed by atoms with Gasteiger partial charge in [0, 0.05) is 31.2 Å². The molecule has 1 saturated heterocycles. The molecule has 146 valence electrons. The Bertz CT molecular complexity index is 873. The van der Waals surface area contributed by atoms with Crippen molar-refractivity contribution in [3.8, 4) is 0 Å². The molecule has 1 atom stereocenters. The highest BCUT2D eigenvalue weighted by atomic mass is 35.5. The van der Waals surface area contributed by atoms with Gasteiger partial charge in [0.1, 0.15) is 0 Å². The minimum absolute atomic E-state index is 0. The zero-order valence-corrected chi connectivity index (χ0v) is 16.7. The molecule has 2 aromatic carbocycles. The average Bonchev–Trinajstić information content (AvgIpc) is 2.63. The summed E-state index contributed by atoms with van der Waals surface area (Å²) in [5.41, 5.74) is 1.72. The third-order valence-corrected chi connectivity index (χ3v) is 5.74. The van der Waals surface area contributed by atoms with Crippen molar-refractivity contribution in [1.29, 1.82) is 0 Å². The van der Waals surface area contributed by atoms with E-state index >= 15 is 0 Å². The largest absolute Gasteiger partial charge is 0.336 e. The van der Waals surface area contributed by atoms with Gasteiger partial charge in [0.25, 0.3) is 5.91 Å². The number of carbonyl (C=O) groups is 1. The van der Waals surface area contributed by atoms with Crippen molar-refractivity contribution in [2.45, 2.75) is 17.4 Å². The summed E-state index contributed by atoms with van der Waals surface area (Å²) < 4.78 is 22.7. The minimum Gasteiger partial charge on any atom is -0.336 e. The Morgan fingerprint density at radius 2 is 1.70 bits per heavy atom. The summed E-state index contributed by atoms with van der Waals surface area (Å²) in [5.74, 6) is -0.0860. The van der Waals surface area contributed by atoms with E-state index in [1.54, 1.807) is 0 Å². The average molecular weight is 410 g/mol. The van der Waals surface area contributed by atoms with Gasteiger partial charge >= 0.3 is 0 Å². The van der Waals surface area contributed by atoms with Gasteiger partial charge < -0.3 is 4.90 Å². The normalized spacial score (nSPS) is 18.0. The summed E-state index contributed by atoms with van der Waals surface area (Å²) in [4.78, 5) is 16.9. The van der Waals surface area contributed by atoms with Crippen LogP contribution >= 0.6 is 12.4 Å². The third-order valence-electron chi connectivity index (χ3n) is 4.81. The van der Waals surface area contributed by atoms with E-state index in [4.69, 9.17) is 5.14 Å². The fourth-order valence-corrected chi connectivity index (χ4v) is 3.72. The highest BCUT2D eigenvalue weighted by Gasteiger charge is 2.28. The molecule has 1 aliphatic rings. The van der Waals surface area contributed by atoms with Crippen LogP contribution in [0.1, 0.15) is 15.9 Å². The Morgan fingerprint density at radius 3 is 2.30 bits per heavy atom.